The zero-order valence-corrected chi connectivity index (χ0v) is 17.0. The third kappa shape index (κ3) is 3.77. The van der Waals surface area contributed by atoms with Gasteiger partial charge in [-0.1, -0.05) is 96.1 Å². The van der Waals surface area contributed by atoms with Crippen molar-refractivity contribution in [2.75, 3.05) is 0 Å². The summed E-state index contributed by atoms with van der Waals surface area (Å²) in [4.78, 5) is 12.8. The average Bonchev–Trinajstić information content (AvgIpc) is 2.65. The Hall–Kier alpha value is -3.13. The topological polar surface area (TPSA) is 26.3 Å². The van der Waals surface area contributed by atoms with E-state index < -0.39 is 11.6 Å². The fourth-order valence-corrected chi connectivity index (χ4v) is 3.50. The van der Waals surface area contributed by atoms with Gasteiger partial charge in [-0.2, -0.15) is 0 Å². The van der Waals surface area contributed by atoms with Crippen LogP contribution in [0.4, 0.5) is 0 Å². The molecule has 0 bridgehead atoms. The lowest BCUT2D eigenvalue weighted by molar-refractivity contribution is -0.148. The minimum absolute atomic E-state index is 0.373. The van der Waals surface area contributed by atoms with Gasteiger partial charge in [-0.05, 0) is 27.7 Å². The highest BCUT2D eigenvalue weighted by Gasteiger charge is 2.41. The van der Waals surface area contributed by atoms with Gasteiger partial charge in [0, 0.05) is 22.3 Å². The number of rotatable bonds is 5. The summed E-state index contributed by atoms with van der Waals surface area (Å²) in [6.07, 6.45) is 0. The van der Waals surface area contributed by atoms with Crippen LogP contribution in [0.25, 0.3) is 0 Å². The summed E-state index contributed by atoms with van der Waals surface area (Å²) in [5.74, 6) is -0.412. The van der Waals surface area contributed by atoms with Gasteiger partial charge in [0.1, 0.15) is 0 Å². The summed E-state index contributed by atoms with van der Waals surface area (Å²) in [5.41, 5.74) is 5.38. The van der Waals surface area contributed by atoms with Gasteiger partial charge in [0.25, 0.3) is 0 Å². The number of carbonyl (C=O) groups excluding carboxylic acids is 1. The van der Waals surface area contributed by atoms with Gasteiger partial charge in [-0.3, -0.25) is 0 Å². The molecule has 2 nitrogen and oxygen atoms in total. The van der Waals surface area contributed by atoms with E-state index in [4.69, 9.17) is 4.74 Å². The minimum atomic E-state index is -1.06. The standard InChI is InChI=1S/C26H26O2/c1-18(2)25(27)28-26(22-12-6-9-19(3)15-22,23-13-7-10-20(4)16-23)24-14-8-11-21(5)17-24/h6-17H,1H2,2-5H3. The molecule has 3 aromatic rings. The lowest BCUT2D eigenvalue weighted by Crippen LogP contribution is -2.35. The first-order valence-electron chi connectivity index (χ1n) is 9.43. The van der Waals surface area contributed by atoms with Crippen LogP contribution in [-0.2, 0) is 15.1 Å². The van der Waals surface area contributed by atoms with Crippen molar-refractivity contribution < 1.29 is 9.53 Å². The lowest BCUT2D eigenvalue weighted by Gasteiger charge is -2.36. The zero-order chi connectivity index (χ0) is 20.3. The molecule has 142 valence electrons. The number of esters is 1. The highest BCUT2D eigenvalue weighted by Crippen LogP contribution is 2.42. The maximum absolute atomic E-state index is 12.8. The van der Waals surface area contributed by atoms with Crippen molar-refractivity contribution >= 4 is 5.97 Å². The molecule has 0 saturated heterocycles. The Kier molecular flexibility index (Phi) is 5.51. The van der Waals surface area contributed by atoms with Crippen LogP contribution in [0.2, 0.25) is 0 Å². The number of benzene rings is 3. The highest BCUT2D eigenvalue weighted by molar-refractivity contribution is 5.88. The SMILES string of the molecule is C=C(C)C(=O)OC(c1cccc(C)c1)(c1cccc(C)c1)c1cccc(C)c1. The molecule has 0 spiro atoms. The van der Waals surface area contributed by atoms with Crippen LogP contribution in [0.5, 0.6) is 0 Å². The first-order chi connectivity index (χ1) is 13.3. The summed E-state index contributed by atoms with van der Waals surface area (Å²) in [6.45, 7) is 11.6. The first-order valence-corrected chi connectivity index (χ1v) is 9.43. The predicted molar refractivity (Wildman–Crippen MR) is 114 cm³/mol. The van der Waals surface area contributed by atoms with E-state index in [1.54, 1.807) is 6.92 Å². The summed E-state index contributed by atoms with van der Waals surface area (Å²) in [6, 6.07) is 24.4. The monoisotopic (exact) mass is 370 g/mol. The largest absolute Gasteiger partial charge is 0.441 e. The summed E-state index contributed by atoms with van der Waals surface area (Å²) in [5, 5.41) is 0. The smallest absolute Gasteiger partial charge is 0.334 e. The van der Waals surface area contributed by atoms with Crippen LogP contribution < -0.4 is 0 Å². The first kappa shape index (κ1) is 19.6. The Balaban J connectivity index is 2.40. The molecule has 0 N–H and O–H groups in total. The molecule has 0 aliphatic carbocycles. The van der Waals surface area contributed by atoms with Crippen molar-refractivity contribution in [3.05, 3.63) is 118 Å². The maximum Gasteiger partial charge on any atom is 0.334 e. The molecule has 28 heavy (non-hydrogen) atoms. The van der Waals surface area contributed by atoms with Crippen LogP contribution in [0.15, 0.2) is 84.9 Å². The molecule has 0 saturated carbocycles. The van der Waals surface area contributed by atoms with Gasteiger partial charge in [0.15, 0.2) is 5.60 Å². The van der Waals surface area contributed by atoms with Crippen molar-refractivity contribution in [1.82, 2.24) is 0 Å². The minimum Gasteiger partial charge on any atom is -0.441 e. The molecule has 0 heterocycles. The molecule has 2 heteroatoms. The van der Waals surface area contributed by atoms with E-state index in [1.165, 1.54) is 0 Å². The fourth-order valence-electron chi connectivity index (χ4n) is 3.50. The van der Waals surface area contributed by atoms with E-state index in [0.717, 1.165) is 33.4 Å². The predicted octanol–water partition coefficient (Wildman–Crippen LogP) is 6.02. The normalized spacial score (nSPS) is 11.1. The molecule has 0 aliphatic heterocycles. The van der Waals surface area contributed by atoms with E-state index >= 15 is 0 Å². The van der Waals surface area contributed by atoms with Crippen molar-refractivity contribution in [1.29, 1.82) is 0 Å². The van der Waals surface area contributed by atoms with E-state index in [1.807, 2.05) is 75.4 Å². The number of hydrogen-bond acceptors (Lipinski definition) is 2. The molecule has 0 aromatic heterocycles. The highest BCUT2D eigenvalue weighted by atomic mass is 16.6. The molecule has 3 rings (SSSR count). The van der Waals surface area contributed by atoms with Gasteiger partial charge in [0.05, 0.1) is 0 Å². The van der Waals surface area contributed by atoms with Crippen LogP contribution in [0, 0.1) is 20.8 Å². The van der Waals surface area contributed by atoms with Gasteiger partial charge in [-0.15, -0.1) is 0 Å². The molecule has 0 atom stereocenters. The van der Waals surface area contributed by atoms with E-state index in [0.29, 0.717) is 5.57 Å². The van der Waals surface area contributed by atoms with Crippen molar-refractivity contribution in [2.24, 2.45) is 0 Å². The van der Waals surface area contributed by atoms with E-state index in [2.05, 4.69) is 24.8 Å². The number of ether oxygens (including phenoxy) is 1. The van der Waals surface area contributed by atoms with Crippen molar-refractivity contribution in [3.8, 4) is 0 Å². The maximum atomic E-state index is 12.8. The lowest BCUT2D eigenvalue weighted by atomic mass is 9.78. The molecular weight excluding hydrogens is 344 g/mol. The molecule has 0 fully saturated rings. The molecule has 3 aromatic carbocycles. The number of aryl methyl sites for hydroxylation is 3. The second kappa shape index (κ2) is 7.85. The Morgan fingerprint density at radius 1 is 0.750 bits per heavy atom. The Morgan fingerprint density at radius 2 is 1.11 bits per heavy atom. The third-order valence-corrected chi connectivity index (χ3v) is 4.87. The third-order valence-electron chi connectivity index (χ3n) is 4.87. The van der Waals surface area contributed by atoms with E-state index in [-0.39, 0.29) is 0 Å². The Morgan fingerprint density at radius 3 is 1.39 bits per heavy atom. The van der Waals surface area contributed by atoms with Gasteiger partial charge in [0.2, 0.25) is 0 Å². The second-order valence-corrected chi connectivity index (χ2v) is 7.46. The Labute approximate surface area is 167 Å². The number of carbonyl (C=O) groups is 1. The zero-order valence-electron chi connectivity index (χ0n) is 17.0. The molecule has 0 unspecified atom stereocenters. The molecule has 0 radical (unpaired) electrons. The van der Waals surface area contributed by atoms with Crippen molar-refractivity contribution in [3.63, 3.8) is 0 Å². The molecule has 0 amide bonds. The van der Waals surface area contributed by atoms with Crippen LogP contribution >= 0.6 is 0 Å². The summed E-state index contributed by atoms with van der Waals surface area (Å²) in [7, 11) is 0. The van der Waals surface area contributed by atoms with Crippen molar-refractivity contribution in [2.45, 2.75) is 33.3 Å². The van der Waals surface area contributed by atoms with Gasteiger partial charge < -0.3 is 4.74 Å². The average molecular weight is 370 g/mol. The van der Waals surface area contributed by atoms with E-state index in [9.17, 15) is 4.79 Å². The quantitative estimate of drug-likeness (QED) is 0.312. The van der Waals surface area contributed by atoms with Gasteiger partial charge >= 0.3 is 5.97 Å². The van der Waals surface area contributed by atoms with Crippen LogP contribution in [0.3, 0.4) is 0 Å². The van der Waals surface area contributed by atoms with Crippen LogP contribution in [0.1, 0.15) is 40.3 Å². The van der Waals surface area contributed by atoms with Crippen LogP contribution in [-0.4, -0.2) is 5.97 Å². The Bertz CT molecular complexity index is 919. The fraction of sp³-hybridized carbons (Fsp3) is 0.192. The van der Waals surface area contributed by atoms with Gasteiger partial charge in [-0.25, -0.2) is 4.79 Å². The summed E-state index contributed by atoms with van der Waals surface area (Å²) >= 11 is 0. The second-order valence-electron chi connectivity index (χ2n) is 7.46. The number of hydrogen-bond donors (Lipinski definition) is 0. The summed E-state index contributed by atoms with van der Waals surface area (Å²) < 4.78 is 6.28. The molecular formula is C26H26O2. The molecule has 0 aliphatic rings.